The van der Waals surface area contributed by atoms with Gasteiger partial charge < -0.3 is 15.0 Å². The van der Waals surface area contributed by atoms with E-state index in [1.807, 2.05) is 49.4 Å². The van der Waals surface area contributed by atoms with Gasteiger partial charge in [-0.25, -0.2) is 0 Å². The van der Waals surface area contributed by atoms with Crippen molar-refractivity contribution in [2.45, 2.75) is 25.6 Å². The van der Waals surface area contributed by atoms with Crippen molar-refractivity contribution in [2.75, 3.05) is 13.7 Å². The maximum Gasteiger partial charge on any atom is 0.252 e. The van der Waals surface area contributed by atoms with Gasteiger partial charge in [0.25, 0.3) is 5.91 Å². The molecule has 3 rings (SSSR count). The van der Waals surface area contributed by atoms with Gasteiger partial charge in [-0.05, 0) is 24.6 Å². The Morgan fingerprint density at radius 3 is 2.72 bits per heavy atom. The van der Waals surface area contributed by atoms with Crippen molar-refractivity contribution in [1.82, 2.24) is 15.2 Å². The SMILES string of the molecule is Cc1ccc(C2C(C(=O)NCc3ccccn3)OCC(=O)N2C)cc1. The number of carbonyl (C=O) groups excluding carboxylic acids is 2. The fraction of sp³-hybridized carbons (Fsp3) is 0.316. The van der Waals surface area contributed by atoms with E-state index in [4.69, 9.17) is 4.74 Å². The number of amides is 2. The number of ether oxygens (including phenoxy) is 1. The molecule has 0 radical (unpaired) electrons. The number of rotatable bonds is 4. The van der Waals surface area contributed by atoms with Crippen LogP contribution in [0.3, 0.4) is 0 Å². The lowest BCUT2D eigenvalue weighted by Crippen LogP contribution is -2.52. The molecule has 130 valence electrons. The summed E-state index contributed by atoms with van der Waals surface area (Å²) in [5.41, 5.74) is 2.76. The first-order valence-corrected chi connectivity index (χ1v) is 8.17. The number of likely N-dealkylation sites (N-methyl/N-ethyl adjacent to an activating group) is 1. The maximum atomic E-state index is 12.7. The Kier molecular flexibility index (Phi) is 5.09. The van der Waals surface area contributed by atoms with Crippen LogP contribution in [-0.4, -0.2) is 41.5 Å². The number of benzene rings is 1. The average Bonchev–Trinajstić information content (AvgIpc) is 2.63. The second kappa shape index (κ2) is 7.44. The van der Waals surface area contributed by atoms with Crippen LogP contribution < -0.4 is 5.32 Å². The van der Waals surface area contributed by atoms with Crippen LogP contribution >= 0.6 is 0 Å². The highest BCUT2D eigenvalue weighted by molar-refractivity contribution is 5.86. The summed E-state index contributed by atoms with van der Waals surface area (Å²) in [4.78, 5) is 30.5. The summed E-state index contributed by atoms with van der Waals surface area (Å²) in [7, 11) is 1.70. The van der Waals surface area contributed by atoms with Gasteiger partial charge in [0.1, 0.15) is 6.61 Å². The predicted molar refractivity (Wildman–Crippen MR) is 92.5 cm³/mol. The smallest absolute Gasteiger partial charge is 0.252 e. The van der Waals surface area contributed by atoms with Crippen molar-refractivity contribution in [3.05, 3.63) is 65.5 Å². The lowest BCUT2D eigenvalue weighted by Gasteiger charge is -2.38. The minimum Gasteiger partial charge on any atom is -0.356 e. The predicted octanol–water partition coefficient (Wildman–Crippen LogP) is 1.60. The van der Waals surface area contributed by atoms with E-state index in [9.17, 15) is 9.59 Å². The molecule has 2 amide bonds. The number of nitrogens with zero attached hydrogens (tertiary/aromatic N) is 2. The molecule has 1 aliphatic heterocycles. The van der Waals surface area contributed by atoms with Gasteiger partial charge >= 0.3 is 0 Å². The van der Waals surface area contributed by atoms with Crippen molar-refractivity contribution < 1.29 is 14.3 Å². The monoisotopic (exact) mass is 339 g/mol. The van der Waals surface area contributed by atoms with E-state index >= 15 is 0 Å². The fourth-order valence-electron chi connectivity index (χ4n) is 2.87. The van der Waals surface area contributed by atoms with Gasteiger partial charge in [-0.15, -0.1) is 0 Å². The lowest BCUT2D eigenvalue weighted by molar-refractivity contribution is -0.162. The molecule has 6 nitrogen and oxygen atoms in total. The van der Waals surface area contributed by atoms with Crippen molar-refractivity contribution in [2.24, 2.45) is 0 Å². The van der Waals surface area contributed by atoms with E-state index in [1.54, 1.807) is 18.1 Å². The number of aromatic nitrogens is 1. The van der Waals surface area contributed by atoms with E-state index in [0.29, 0.717) is 6.54 Å². The quantitative estimate of drug-likeness (QED) is 0.918. The first kappa shape index (κ1) is 17.1. The molecular weight excluding hydrogens is 318 g/mol. The van der Waals surface area contributed by atoms with Gasteiger partial charge in [0.05, 0.1) is 18.3 Å². The summed E-state index contributed by atoms with van der Waals surface area (Å²) >= 11 is 0. The van der Waals surface area contributed by atoms with Crippen molar-refractivity contribution >= 4 is 11.8 Å². The molecule has 1 N–H and O–H groups in total. The molecule has 1 fully saturated rings. The minimum atomic E-state index is -0.755. The van der Waals surface area contributed by atoms with Crippen LogP contribution in [0.25, 0.3) is 0 Å². The number of aryl methyl sites for hydroxylation is 1. The minimum absolute atomic E-state index is 0.0967. The lowest BCUT2D eigenvalue weighted by atomic mass is 9.96. The number of carbonyl (C=O) groups is 2. The molecule has 1 aromatic carbocycles. The Balaban J connectivity index is 1.78. The zero-order chi connectivity index (χ0) is 17.8. The summed E-state index contributed by atoms with van der Waals surface area (Å²) in [6.07, 6.45) is 0.925. The maximum absolute atomic E-state index is 12.7. The number of pyridine rings is 1. The topological polar surface area (TPSA) is 71.5 Å². The Morgan fingerprint density at radius 2 is 2.04 bits per heavy atom. The summed E-state index contributed by atoms with van der Waals surface area (Å²) in [5, 5.41) is 2.85. The molecule has 25 heavy (non-hydrogen) atoms. The highest BCUT2D eigenvalue weighted by Gasteiger charge is 2.39. The van der Waals surface area contributed by atoms with Crippen LogP contribution in [0.15, 0.2) is 48.7 Å². The molecule has 1 aromatic heterocycles. The van der Waals surface area contributed by atoms with Gasteiger partial charge in [0.2, 0.25) is 5.91 Å². The van der Waals surface area contributed by atoms with Gasteiger partial charge in [-0.1, -0.05) is 35.9 Å². The Morgan fingerprint density at radius 1 is 1.28 bits per heavy atom. The molecule has 2 atom stereocenters. The largest absolute Gasteiger partial charge is 0.356 e. The third kappa shape index (κ3) is 3.85. The molecule has 1 aliphatic rings. The van der Waals surface area contributed by atoms with Crippen molar-refractivity contribution in [1.29, 1.82) is 0 Å². The fourth-order valence-corrected chi connectivity index (χ4v) is 2.87. The molecule has 6 heteroatoms. The number of nitrogens with one attached hydrogen (secondary N) is 1. The van der Waals surface area contributed by atoms with Gasteiger partial charge in [0, 0.05) is 13.2 Å². The highest BCUT2D eigenvalue weighted by Crippen LogP contribution is 2.29. The molecule has 2 heterocycles. The third-order valence-electron chi connectivity index (χ3n) is 4.33. The second-order valence-electron chi connectivity index (χ2n) is 6.13. The van der Waals surface area contributed by atoms with Crippen LogP contribution in [0.4, 0.5) is 0 Å². The number of hydrogen-bond acceptors (Lipinski definition) is 4. The first-order chi connectivity index (χ1) is 12.1. The van der Waals surface area contributed by atoms with Gasteiger partial charge in [-0.3, -0.25) is 14.6 Å². The molecule has 2 unspecified atom stereocenters. The second-order valence-corrected chi connectivity index (χ2v) is 6.13. The molecule has 0 saturated carbocycles. The van der Waals surface area contributed by atoms with Crippen LogP contribution in [0.2, 0.25) is 0 Å². The standard InChI is InChI=1S/C19H21N3O3/c1-13-6-8-14(9-7-13)17-18(25-12-16(23)22(17)2)19(24)21-11-15-5-3-4-10-20-15/h3-10,17-18H,11-12H2,1-2H3,(H,21,24). The zero-order valence-electron chi connectivity index (χ0n) is 14.3. The van der Waals surface area contributed by atoms with E-state index in [-0.39, 0.29) is 18.4 Å². The Bertz CT molecular complexity index is 746. The van der Waals surface area contributed by atoms with E-state index in [2.05, 4.69) is 10.3 Å². The van der Waals surface area contributed by atoms with Crippen molar-refractivity contribution in [3.63, 3.8) is 0 Å². The van der Waals surface area contributed by atoms with E-state index < -0.39 is 12.1 Å². The van der Waals surface area contributed by atoms with Crippen LogP contribution in [0.1, 0.15) is 22.9 Å². The van der Waals surface area contributed by atoms with Crippen LogP contribution in [0.5, 0.6) is 0 Å². The number of hydrogen-bond donors (Lipinski definition) is 1. The van der Waals surface area contributed by atoms with Gasteiger partial charge in [0.15, 0.2) is 6.10 Å². The Labute approximate surface area is 146 Å². The molecule has 2 aromatic rings. The summed E-state index contributed by atoms with van der Waals surface area (Å²) in [5.74, 6) is -0.394. The normalized spacial score (nSPS) is 20.4. The summed E-state index contributed by atoms with van der Waals surface area (Å²) in [6.45, 7) is 2.21. The van der Waals surface area contributed by atoms with E-state index in [0.717, 1.165) is 16.8 Å². The van der Waals surface area contributed by atoms with Crippen molar-refractivity contribution in [3.8, 4) is 0 Å². The van der Waals surface area contributed by atoms with Crippen LogP contribution in [-0.2, 0) is 20.9 Å². The molecule has 0 aliphatic carbocycles. The van der Waals surface area contributed by atoms with Gasteiger partial charge in [-0.2, -0.15) is 0 Å². The highest BCUT2D eigenvalue weighted by atomic mass is 16.5. The van der Waals surface area contributed by atoms with E-state index in [1.165, 1.54) is 0 Å². The Hall–Kier alpha value is -2.73. The molecule has 0 spiro atoms. The number of morpholine rings is 1. The first-order valence-electron chi connectivity index (χ1n) is 8.17. The summed E-state index contributed by atoms with van der Waals surface area (Å²) in [6, 6.07) is 12.9. The zero-order valence-corrected chi connectivity index (χ0v) is 14.3. The average molecular weight is 339 g/mol. The summed E-state index contributed by atoms with van der Waals surface area (Å²) < 4.78 is 5.58. The molecule has 1 saturated heterocycles. The molecular formula is C19H21N3O3. The van der Waals surface area contributed by atoms with Crippen LogP contribution in [0, 0.1) is 6.92 Å². The third-order valence-corrected chi connectivity index (χ3v) is 4.33. The molecule has 0 bridgehead atoms.